The Morgan fingerprint density at radius 3 is 2.29 bits per heavy atom. The molecule has 0 bridgehead atoms. The third kappa shape index (κ3) is 7.64. The van der Waals surface area contributed by atoms with E-state index in [1.807, 2.05) is 0 Å². The number of nitrogens with zero attached hydrogens (tertiary/aromatic N) is 1. The summed E-state index contributed by atoms with van der Waals surface area (Å²) < 4.78 is 119. The van der Waals surface area contributed by atoms with E-state index in [1.54, 1.807) is 44.2 Å². The smallest absolute Gasteiger partial charge is 0.313 e. The van der Waals surface area contributed by atoms with E-state index in [-0.39, 0.29) is 28.6 Å². The molecule has 0 saturated heterocycles. The first-order chi connectivity index (χ1) is 19.8. The van der Waals surface area contributed by atoms with E-state index in [1.165, 1.54) is 18.2 Å². The number of hydrogen-bond donors (Lipinski definition) is 1. The molecule has 0 aliphatic rings. The lowest BCUT2D eigenvalue weighted by Crippen LogP contribution is -2.38. The van der Waals surface area contributed by atoms with Gasteiger partial charge in [0.15, 0.2) is 0 Å². The lowest BCUT2D eigenvalue weighted by atomic mass is 9.86. The number of aliphatic hydroxyl groups excluding tert-OH is 1. The number of esters is 1. The van der Waals surface area contributed by atoms with E-state index >= 15 is 0 Å². The number of hydrogen-bond acceptors (Lipinski definition) is 4. The number of rotatable bonds is 10. The Hall–Kier alpha value is -1.88. The maximum Gasteiger partial charge on any atom is 0.313 e. The highest BCUT2D eigenvalue weighted by atomic mass is 35.5. The zero-order valence-corrected chi connectivity index (χ0v) is 18.3. The van der Waals surface area contributed by atoms with E-state index in [0.717, 1.165) is 0 Å². The van der Waals surface area contributed by atoms with Crippen LogP contribution in [0.3, 0.4) is 0 Å². The molecule has 2 aromatic rings. The predicted octanol–water partition coefficient (Wildman–Crippen LogP) is 5.80. The van der Waals surface area contributed by atoms with Gasteiger partial charge in [-0.1, -0.05) is 50.2 Å². The summed E-state index contributed by atoms with van der Waals surface area (Å²) in [5.41, 5.74) is 1.12. The van der Waals surface area contributed by atoms with Crippen molar-refractivity contribution in [2.24, 2.45) is 5.92 Å². The summed E-state index contributed by atoms with van der Waals surface area (Å²) in [5, 5.41) is 9.85. The normalized spacial score (nSPS) is 21.3. The van der Waals surface area contributed by atoms with Gasteiger partial charge >= 0.3 is 5.97 Å². The van der Waals surface area contributed by atoms with Crippen LogP contribution in [0, 0.1) is 5.92 Å². The molecule has 0 spiro atoms. The highest BCUT2D eigenvalue weighted by Gasteiger charge is 2.23. The topological polar surface area (TPSA) is 49.8 Å². The van der Waals surface area contributed by atoms with Crippen molar-refractivity contribution in [1.29, 1.82) is 0 Å². The number of ether oxygens (including phenoxy) is 1. The lowest BCUT2D eigenvalue weighted by molar-refractivity contribution is -0.137. The van der Waals surface area contributed by atoms with Gasteiger partial charge in [0.25, 0.3) is 0 Å². The molecular formula is C26H38ClNO3. The Labute approximate surface area is 213 Å². The van der Waals surface area contributed by atoms with Crippen molar-refractivity contribution < 1.29 is 33.8 Å². The fourth-order valence-corrected chi connectivity index (χ4v) is 3.07. The minimum atomic E-state index is -3.86. The predicted molar refractivity (Wildman–Crippen MR) is 130 cm³/mol. The SMILES string of the molecule is Cl.[2H]C([2H])([2H])C([2H])(N(CC[C@H](c1ccccc1)c1cc(CO)ccc1OC(=O)C(C)C)C([2H])(C([2H])([2H])[2H])C([2H])([2H])[2H])C([2H])([2H])[2H]. The molecule has 31 heavy (non-hydrogen) atoms. The van der Waals surface area contributed by atoms with Gasteiger partial charge in [0, 0.05) is 42.7 Å². The summed E-state index contributed by atoms with van der Waals surface area (Å²) in [6, 6.07) is 4.96. The zero-order valence-electron chi connectivity index (χ0n) is 31.5. The summed E-state index contributed by atoms with van der Waals surface area (Å²) in [7, 11) is 0. The second kappa shape index (κ2) is 12.8. The van der Waals surface area contributed by atoms with Gasteiger partial charge in [-0.15, -0.1) is 12.4 Å². The quantitative estimate of drug-likeness (QED) is 0.358. The lowest BCUT2D eigenvalue weighted by Gasteiger charge is -2.32. The van der Waals surface area contributed by atoms with Gasteiger partial charge < -0.3 is 9.84 Å². The van der Waals surface area contributed by atoms with Crippen molar-refractivity contribution in [3.05, 3.63) is 65.2 Å². The molecule has 1 N–H and O–H groups in total. The number of halogens is 1. The average molecular weight is 462 g/mol. The second-order valence-electron chi connectivity index (χ2n) is 7.21. The van der Waals surface area contributed by atoms with Crippen molar-refractivity contribution in [3.8, 4) is 5.75 Å². The molecule has 0 saturated carbocycles. The molecule has 0 unspecified atom stereocenters. The van der Waals surface area contributed by atoms with E-state index in [4.69, 9.17) is 23.9 Å². The minimum absolute atomic E-state index is 0. The molecule has 0 amide bonds. The molecular weight excluding hydrogens is 410 g/mol. The Balaban J connectivity index is 0.0000101. The Morgan fingerprint density at radius 2 is 1.74 bits per heavy atom. The Bertz CT molecular complexity index is 1210. The molecule has 2 rings (SSSR count). The van der Waals surface area contributed by atoms with Crippen LogP contribution in [0.1, 0.15) is 89.5 Å². The van der Waals surface area contributed by atoms with E-state index < -0.39 is 76.8 Å². The zero-order chi connectivity index (χ0) is 34.1. The van der Waals surface area contributed by atoms with Gasteiger partial charge in [0.2, 0.25) is 0 Å². The summed E-state index contributed by atoms with van der Waals surface area (Å²) >= 11 is 0. The molecule has 0 radical (unpaired) electrons. The number of carbonyl (C=O) groups excluding carboxylic acids is 1. The first kappa shape index (κ1) is 12.4. The molecule has 0 heterocycles. The summed E-state index contributed by atoms with van der Waals surface area (Å²) in [6.07, 6.45) is -0.426. The van der Waals surface area contributed by atoms with E-state index in [0.29, 0.717) is 11.1 Å². The highest BCUT2D eigenvalue weighted by Crippen LogP contribution is 2.36. The van der Waals surface area contributed by atoms with Crippen LogP contribution in [-0.4, -0.2) is 34.6 Å². The molecule has 4 nitrogen and oxygen atoms in total. The molecule has 1 atom stereocenters. The highest BCUT2D eigenvalue weighted by molar-refractivity contribution is 5.85. The van der Waals surface area contributed by atoms with Crippen molar-refractivity contribution in [2.45, 2.75) is 72.2 Å². The minimum Gasteiger partial charge on any atom is -0.426 e. The molecule has 0 aliphatic carbocycles. The number of aliphatic hydroxyl groups is 1. The van der Waals surface area contributed by atoms with Crippen LogP contribution in [0.2, 0.25) is 0 Å². The molecule has 0 aromatic heterocycles. The first-order valence-electron chi connectivity index (χ1n) is 16.6. The van der Waals surface area contributed by atoms with Crippen molar-refractivity contribution >= 4 is 18.4 Å². The molecule has 5 heteroatoms. The van der Waals surface area contributed by atoms with Crippen molar-refractivity contribution in [3.63, 3.8) is 0 Å². The first-order valence-corrected chi connectivity index (χ1v) is 9.62. The Kier molecular flexibility index (Phi) is 5.13. The standard InChI is InChI=1S/C26H37NO3.ClH/c1-18(2)26(29)30-25-13-12-21(17-28)16-24(25)23(22-10-8-7-9-11-22)14-15-27(19(3)4)20(5)6;/h7-13,16,18-20,23,28H,14-15,17H2,1-6H3;1H/t23-;/m1./s1/i3D3,4D3,5D3,6D3,19D,20D;. The third-order valence-corrected chi connectivity index (χ3v) is 4.70. The fraction of sp³-hybridized carbons (Fsp3) is 0.500. The van der Waals surface area contributed by atoms with Crippen LogP contribution >= 0.6 is 12.4 Å². The van der Waals surface area contributed by atoms with Crippen LogP contribution in [0.15, 0.2) is 48.5 Å². The molecule has 2 aromatic carbocycles. The van der Waals surface area contributed by atoms with Gasteiger partial charge in [-0.2, -0.15) is 0 Å². The van der Waals surface area contributed by atoms with Crippen molar-refractivity contribution in [2.75, 3.05) is 6.54 Å². The van der Waals surface area contributed by atoms with Crippen molar-refractivity contribution in [1.82, 2.24) is 4.90 Å². The number of carbonyl (C=O) groups is 1. The van der Waals surface area contributed by atoms with Crippen LogP contribution in [0.5, 0.6) is 5.75 Å². The third-order valence-electron chi connectivity index (χ3n) is 4.70. The maximum absolute atomic E-state index is 12.6. The Morgan fingerprint density at radius 1 is 1.10 bits per heavy atom. The summed E-state index contributed by atoms with van der Waals surface area (Å²) in [5.74, 6) is -2.07. The largest absolute Gasteiger partial charge is 0.426 e. The van der Waals surface area contributed by atoms with E-state index in [9.17, 15) is 9.90 Å². The van der Waals surface area contributed by atoms with Gasteiger partial charge in [-0.05, 0) is 63.6 Å². The number of benzene rings is 2. The van der Waals surface area contributed by atoms with Crippen LogP contribution in [0.4, 0.5) is 0 Å². The van der Waals surface area contributed by atoms with Crippen LogP contribution in [0.25, 0.3) is 0 Å². The summed E-state index contributed by atoms with van der Waals surface area (Å²) in [6.45, 7) is -13.4. The second-order valence-corrected chi connectivity index (χ2v) is 7.21. The monoisotopic (exact) mass is 461 g/mol. The van der Waals surface area contributed by atoms with Gasteiger partial charge in [0.1, 0.15) is 5.75 Å². The maximum atomic E-state index is 12.6. The van der Waals surface area contributed by atoms with E-state index in [2.05, 4.69) is 0 Å². The molecule has 0 aliphatic heterocycles. The van der Waals surface area contributed by atoms with Crippen LogP contribution in [-0.2, 0) is 11.4 Å². The van der Waals surface area contributed by atoms with Gasteiger partial charge in [-0.25, -0.2) is 0 Å². The average Bonchev–Trinajstić information content (AvgIpc) is 2.88. The molecule has 172 valence electrons. The van der Waals surface area contributed by atoms with Gasteiger partial charge in [-0.3, -0.25) is 9.69 Å². The van der Waals surface area contributed by atoms with Gasteiger partial charge in [0.05, 0.1) is 12.5 Å². The fourth-order valence-electron chi connectivity index (χ4n) is 3.07. The molecule has 0 fully saturated rings. The van der Waals surface area contributed by atoms with Crippen LogP contribution < -0.4 is 4.74 Å². The summed E-state index contributed by atoms with van der Waals surface area (Å²) in [4.78, 5) is 12.5.